The van der Waals surface area contributed by atoms with Crippen molar-refractivity contribution in [2.24, 2.45) is 4.76 Å². The zero-order chi connectivity index (χ0) is 15.6. The van der Waals surface area contributed by atoms with E-state index in [2.05, 4.69) is 17.9 Å². The summed E-state index contributed by atoms with van der Waals surface area (Å²) in [4.78, 5) is 3.64. The zero-order valence-electron chi connectivity index (χ0n) is 12.9. The van der Waals surface area contributed by atoms with Crippen LogP contribution in [0, 0.1) is 0 Å². The van der Waals surface area contributed by atoms with E-state index < -0.39 is 7.75 Å². The Morgan fingerprint density at radius 2 is 1.60 bits per heavy atom. The van der Waals surface area contributed by atoms with Crippen LogP contribution in [-0.2, 0) is 13.6 Å². The van der Waals surface area contributed by atoms with Crippen molar-refractivity contribution in [1.82, 2.24) is 9.80 Å². The molecule has 0 spiro atoms. The van der Waals surface area contributed by atoms with Gasteiger partial charge in [-0.25, -0.2) is 4.57 Å². The first-order chi connectivity index (χ1) is 9.44. The maximum absolute atomic E-state index is 12.5. The molecule has 0 unspecified atom stereocenters. The predicted octanol–water partition coefficient (Wildman–Crippen LogP) is 2.76. The number of nitrogens with zero attached hydrogens (tertiary/aromatic N) is 3. The van der Waals surface area contributed by atoms with E-state index in [1.165, 1.54) is 0 Å². The third kappa shape index (κ3) is 6.37. The Bertz CT molecular complexity index is 363. The zero-order valence-corrected chi connectivity index (χ0v) is 13.8. The molecule has 6 nitrogen and oxygen atoms in total. The lowest BCUT2D eigenvalue weighted by Crippen LogP contribution is -2.40. The molecule has 0 saturated heterocycles. The maximum atomic E-state index is 12.5. The van der Waals surface area contributed by atoms with Crippen molar-refractivity contribution in [3.8, 4) is 0 Å². The van der Waals surface area contributed by atoms with Crippen LogP contribution in [-0.4, -0.2) is 56.2 Å². The van der Waals surface area contributed by atoms with Crippen LogP contribution in [0.4, 0.5) is 0 Å². The van der Waals surface area contributed by atoms with Gasteiger partial charge in [-0.05, 0) is 13.8 Å². The van der Waals surface area contributed by atoms with E-state index in [9.17, 15) is 4.57 Å². The molecule has 0 heterocycles. The predicted molar refractivity (Wildman–Crippen MR) is 83.9 cm³/mol. The van der Waals surface area contributed by atoms with E-state index in [-0.39, 0.29) is 13.2 Å². The summed E-state index contributed by atoms with van der Waals surface area (Å²) < 4.78 is 27.1. The lowest BCUT2D eigenvalue weighted by Gasteiger charge is -2.29. The van der Waals surface area contributed by atoms with Gasteiger partial charge < -0.3 is 9.80 Å². The fourth-order valence-corrected chi connectivity index (χ4v) is 2.88. The van der Waals surface area contributed by atoms with Crippen molar-refractivity contribution in [3.63, 3.8) is 0 Å². The number of rotatable bonds is 9. The molecule has 0 N–H and O–H groups in total. The van der Waals surface area contributed by atoms with Gasteiger partial charge in [0.15, 0.2) is 0 Å². The van der Waals surface area contributed by atoms with Crippen LogP contribution in [0.25, 0.3) is 0 Å². The Kier molecular flexibility index (Phi) is 9.21. The summed E-state index contributed by atoms with van der Waals surface area (Å²) in [6.45, 7) is 12.6. The summed E-state index contributed by atoms with van der Waals surface area (Å²) in [6.07, 6.45) is 3.49. The number of guanidine groups is 1. The average molecular weight is 303 g/mol. The molecule has 0 aromatic heterocycles. The first-order valence-corrected chi connectivity index (χ1v) is 8.07. The molecular formula is C13H26N3O3P. The second-order valence-electron chi connectivity index (χ2n) is 4.08. The first kappa shape index (κ1) is 18.9. The van der Waals surface area contributed by atoms with Crippen molar-refractivity contribution < 1.29 is 13.6 Å². The van der Waals surface area contributed by atoms with E-state index in [0.29, 0.717) is 19.0 Å². The van der Waals surface area contributed by atoms with Crippen LogP contribution in [0.3, 0.4) is 0 Å². The molecular weight excluding hydrogens is 277 g/mol. The van der Waals surface area contributed by atoms with Gasteiger partial charge in [0.2, 0.25) is 5.96 Å². The second kappa shape index (κ2) is 9.75. The maximum Gasteiger partial charge on any atom is 0.457 e. The van der Waals surface area contributed by atoms with Crippen LogP contribution < -0.4 is 0 Å². The van der Waals surface area contributed by atoms with Gasteiger partial charge in [0.05, 0.1) is 13.2 Å². The molecule has 7 heteroatoms. The Hall–Kier alpha value is -1.10. The van der Waals surface area contributed by atoms with Gasteiger partial charge in [-0.15, -0.1) is 17.9 Å². The van der Waals surface area contributed by atoms with Gasteiger partial charge in [-0.1, -0.05) is 12.2 Å². The van der Waals surface area contributed by atoms with Crippen LogP contribution in [0.5, 0.6) is 0 Å². The quantitative estimate of drug-likeness (QED) is 0.284. The molecule has 0 aromatic carbocycles. The van der Waals surface area contributed by atoms with Gasteiger partial charge in [-0.2, -0.15) is 0 Å². The first-order valence-electron chi connectivity index (χ1n) is 6.57. The minimum Gasteiger partial charge on any atom is -0.349 e. The molecule has 0 rings (SSSR count). The highest BCUT2D eigenvalue weighted by Crippen LogP contribution is 2.50. The molecule has 0 fully saturated rings. The van der Waals surface area contributed by atoms with Crippen LogP contribution in [0.2, 0.25) is 0 Å². The fraction of sp³-hybridized carbons (Fsp3) is 0.615. The van der Waals surface area contributed by atoms with Crippen LogP contribution in [0.1, 0.15) is 13.8 Å². The smallest absolute Gasteiger partial charge is 0.349 e. The Morgan fingerprint density at radius 1 is 1.15 bits per heavy atom. The van der Waals surface area contributed by atoms with E-state index in [1.54, 1.807) is 30.9 Å². The third-order valence-corrected chi connectivity index (χ3v) is 3.77. The molecule has 0 bridgehead atoms. The number of hydrogen-bond acceptors (Lipinski definition) is 3. The summed E-state index contributed by atoms with van der Waals surface area (Å²) >= 11 is 0. The molecule has 0 aliphatic rings. The van der Waals surface area contributed by atoms with Crippen LogP contribution in [0.15, 0.2) is 30.1 Å². The molecule has 116 valence electrons. The second-order valence-corrected chi connectivity index (χ2v) is 5.73. The highest BCUT2D eigenvalue weighted by atomic mass is 31.2. The minimum atomic E-state index is -3.49. The van der Waals surface area contributed by atoms with Crippen molar-refractivity contribution in [1.29, 1.82) is 0 Å². The van der Waals surface area contributed by atoms with E-state index >= 15 is 0 Å². The molecule has 0 aliphatic carbocycles. The summed E-state index contributed by atoms with van der Waals surface area (Å²) in [5.74, 6) is 0.509. The standard InChI is InChI=1S/C13H26N3O3P/c1-7-11-16(12-8-2)13(15(5)6)14-20(17,18-9-3)19-10-4/h7-8H,1-2,9-12H2,3-6H3. The molecule has 0 aliphatic heterocycles. The number of hydrogen-bond donors (Lipinski definition) is 0. The van der Waals surface area contributed by atoms with Gasteiger partial charge in [0.25, 0.3) is 0 Å². The van der Waals surface area contributed by atoms with Gasteiger partial charge in [0, 0.05) is 27.2 Å². The summed E-state index contributed by atoms with van der Waals surface area (Å²) in [5, 5.41) is 0. The largest absolute Gasteiger partial charge is 0.457 e. The van der Waals surface area contributed by atoms with Crippen molar-refractivity contribution in [2.75, 3.05) is 40.4 Å². The lowest BCUT2D eigenvalue weighted by molar-refractivity contribution is 0.220. The third-order valence-electron chi connectivity index (χ3n) is 2.18. The summed E-state index contributed by atoms with van der Waals surface area (Å²) in [5.41, 5.74) is 0. The SMILES string of the molecule is C=CCN(CC=C)C(=NP(=O)(OCC)OCC)N(C)C. The highest BCUT2D eigenvalue weighted by molar-refractivity contribution is 7.52. The molecule has 0 radical (unpaired) electrons. The van der Waals surface area contributed by atoms with Gasteiger partial charge in [-0.3, -0.25) is 9.05 Å². The Morgan fingerprint density at radius 3 is 1.90 bits per heavy atom. The Balaban J connectivity index is 5.48. The molecule has 0 atom stereocenters. The summed E-state index contributed by atoms with van der Waals surface area (Å²) in [6, 6.07) is 0. The molecule has 20 heavy (non-hydrogen) atoms. The monoisotopic (exact) mass is 303 g/mol. The fourth-order valence-electron chi connectivity index (χ4n) is 1.52. The Labute approximate surface area is 122 Å². The van der Waals surface area contributed by atoms with E-state index in [0.717, 1.165) is 0 Å². The minimum absolute atomic E-state index is 0.268. The van der Waals surface area contributed by atoms with E-state index in [1.807, 2.05) is 19.0 Å². The molecule has 0 amide bonds. The normalized spacial score (nSPS) is 12.1. The van der Waals surface area contributed by atoms with Crippen molar-refractivity contribution in [2.45, 2.75) is 13.8 Å². The van der Waals surface area contributed by atoms with Gasteiger partial charge in [0.1, 0.15) is 0 Å². The average Bonchev–Trinajstić information content (AvgIpc) is 2.36. The molecule has 0 aromatic rings. The van der Waals surface area contributed by atoms with Crippen LogP contribution >= 0.6 is 7.75 Å². The topological polar surface area (TPSA) is 54.4 Å². The highest BCUT2D eigenvalue weighted by Gasteiger charge is 2.26. The molecule has 0 saturated carbocycles. The summed E-state index contributed by atoms with van der Waals surface area (Å²) in [7, 11) is 0.145. The van der Waals surface area contributed by atoms with Gasteiger partial charge >= 0.3 is 7.75 Å². The lowest BCUT2D eigenvalue weighted by atomic mass is 10.4. The van der Waals surface area contributed by atoms with Crippen molar-refractivity contribution >= 4 is 13.7 Å². The van der Waals surface area contributed by atoms with Crippen molar-refractivity contribution in [3.05, 3.63) is 25.3 Å². The van der Waals surface area contributed by atoms with E-state index in [4.69, 9.17) is 9.05 Å².